The molecule has 0 aromatic heterocycles. The number of nitrogens with zero attached hydrogens (tertiary/aromatic N) is 1. The standard InChI is InChI=1S/C12H15NO2S/c1-5-8-13(4)16(14,15)12-7-6-10(2)9-11(12)3/h1,6-7,9H,8H2,2-4H3. The minimum absolute atomic E-state index is 0.0790. The van der Waals surface area contributed by atoms with Gasteiger partial charge in [0.15, 0.2) is 0 Å². The first-order valence-corrected chi connectivity index (χ1v) is 6.30. The molecule has 86 valence electrons. The molecule has 4 heteroatoms. The quantitative estimate of drug-likeness (QED) is 0.748. The molecule has 0 fully saturated rings. The van der Waals surface area contributed by atoms with Gasteiger partial charge in [-0.25, -0.2) is 8.42 Å². The van der Waals surface area contributed by atoms with Crippen molar-refractivity contribution in [3.63, 3.8) is 0 Å². The molecule has 0 aliphatic carbocycles. The SMILES string of the molecule is C#CCN(C)S(=O)(=O)c1ccc(C)cc1C. The summed E-state index contributed by atoms with van der Waals surface area (Å²) in [5.41, 5.74) is 1.78. The minimum Gasteiger partial charge on any atom is -0.207 e. The average molecular weight is 237 g/mol. The second kappa shape index (κ2) is 4.69. The Labute approximate surface area is 97.1 Å². The lowest BCUT2D eigenvalue weighted by Gasteiger charge is -2.16. The van der Waals surface area contributed by atoms with Crippen molar-refractivity contribution in [2.75, 3.05) is 13.6 Å². The van der Waals surface area contributed by atoms with E-state index in [1.54, 1.807) is 19.1 Å². The fraction of sp³-hybridized carbons (Fsp3) is 0.333. The van der Waals surface area contributed by atoms with Crippen LogP contribution in [0.1, 0.15) is 11.1 Å². The molecule has 0 heterocycles. The van der Waals surface area contributed by atoms with Gasteiger partial charge in [-0.2, -0.15) is 4.31 Å². The van der Waals surface area contributed by atoms with Gasteiger partial charge in [0.1, 0.15) is 0 Å². The Morgan fingerprint density at radius 3 is 2.50 bits per heavy atom. The molecule has 0 atom stereocenters. The van der Waals surface area contributed by atoms with E-state index < -0.39 is 10.0 Å². The average Bonchev–Trinajstić information content (AvgIpc) is 2.17. The topological polar surface area (TPSA) is 37.4 Å². The molecule has 0 N–H and O–H groups in total. The molecule has 3 nitrogen and oxygen atoms in total. The zero-order valence-corrected chi connectivity index (χ0v) is 10.5. The van der Waals surface area contributed by atoms with Crippen LogP contribution >= 0.6 is 0 Å². The second-order valence-corrected chi connectivity index (χ2v) is 5.75. The molecule has 1 rings (SSSR count). The third-order valence-electron chi connectivity index (χ3n) is 2.33. The first kappa shape index (κ1) is 12.8. The van der Waals surface area contributed by atoms with Crippen LogP contribution < -0.4 is 0 Å². The fourth-order valence-electron chi connectivity index (χ4n) is 1.47. The van der Waals surface area contributed by atoms with E-state index in [0.29, 0.717) is 4.90 Å². The number of hydrogen-bond donors (Lipinski definition) is 0. The van der Waals surface area contributed by atoms with Crippen LogP contribution in [0.4, 0.5) is 0 Å². The Balaban J connectivity index is 3.23. The lowest BCUT2D eigenvalue weighted by molar-refractivity contribution is 0.502. The molecule has 0 saturated carbocycles. The molecule has 0 aliphatic heterocycles. The largest absolute Gasteiger partial charge is 0.243 e. The maximum atomic E-state index is 12.1. The van der Waals surface area contributed by atoms with Crippen molar-refractivity contribution >= 4 is 10.0 Å². The number of hydrogen-bond acceptors (Lipinski definition) is 2. The van der Waals surface area contributed by atoms with Crippen molar-refractivity contribution in [1.82, 2.24) is 4.31 Å². The highest BCUT2D eigenvalue weighted by atomic mass is 32.2. The molecule has 0 bridgehead atoms. The number of rotatable bonds is 3. The van der Waals surface area contributed by atoms with Crippen molar-refractivity contribution in [1.29, 1.82) is 0 Å². The molecular formula is C12H15NO2S. The zero-order valence-electron chi connectivity index (χ0n) is 9.69. The van der Waals surface area contributed by atoms with Crippen LogP contribution in [0, 0.1) is 26.2 Å². The van der Waals surface area contributed by atoms with E-state index in [2.05, 4.69) is 5.92 Å². The normalized spacial score (nSPS) is 11.4. The molecule has 0 unspecified atom stereocenters. The van der Waals surface area contributed by atoms with Crippen LogP contribution in [0.15, 0.2) is 23.1 Å². The first-order chi connectivity index (χ1) is 7.39. The molecular weight excluding hydrogens is 222 g/mol. The maximum absolute atomic E-state index is 12.1. The Morgan fingerprint density at radius 1 is 1.38 bits per heavy atom. The van der Waals surface area contributed by atoms with Crippen LogP contribution in [-0.4, -0.2) is 26.3 Å². The Morgan fingerprint density at radius 2 is 2.00 bits per heavy atom. The molecule has 1 aromatic carbocycles. The predicted octanol–water partition coefficient (Wildman–Crippen LogP) is 1.56. The van der Waals surface area contributed by atoms with Gasteiger partial charge in [0.25, 0.3) is 0 Å². The highest BCUT2D eigenvalue weighted by Crippen LogP contribution is 2.19. The molecule has 0 amide bonds. The highest BCUT2D eigenvalue weighted by molar-refractivity contribution is 7.89. The fourth-order valence-corrected chi connectivity index (χ4v) is 2.76. The van der Waals surface area contributed by atoms with Crippen LogP contribution in [0.2, 0.25) is 0 Å². The van der Waals surface area contributed by atoms with Gasteiger partial charge in [-0.05, 0) is 25.5 Å². The van der Waals surface area contributed by atoms with Gasteiger partial charge in [-0.1, -0.05) is 23.6 Å². The summed E-state index contributed by atoms with van der Waals surface area (Å²) >= 11 is 0. The van der Waals surface area contributed by atoms with E-state index in [4.69, 9.17) is 6.42 Å². The highest BCUT2D eigenvalue weighted by Gasteiger charge is 2.21. The molecule has 0 spiro atoms. The Bertz CT molecular complexity index is 526. The zero-order chi connectivity index (χ0) is 12.3. The third kappa shape index (κ3) is 2.43. The summed E-state index contributed by atoms with van der Waals surface area (Å²) in [6.07, 6.45) is 5.11. The molecule has 16 heavy (non-hydrogen) atoms. The van der Waals surface area contributed by atoms with E-state index in [1.807, 2.05) is 13.0 Å². The number of aryl methyl sites for hydroxylation is 2. The van der Waals surface area contributed by atoms with Crippen LogP contribution in [-0.2, 0) is 10.0 Å². The van der Waals surface area contributed by atoms with Gasteiger partial charge >= 0.3 is 0 Å². The van der Waals surface area contributed by atoms with Crippen molar-refractivity contribution < 1.29 is 8.42 Å². The number of sulfonamides is 1. The molecule has 0 radical (unpaired) electrons. The van der Waals surface area contributed by atoms with Crippen molar-refractivity contribution in [2.45, 2.75) is 18.7 Å². The smallest absolute Gasteiger partial charge is 0.207 e. The van der Waals surface area contributed by atoms with Gasteiger partial charge in [0, 0.05) is 7.05 Å². The number of benzene rings is 1. The van der Waals surface area contributed by atoms with Crippen LogP contribution in [0.25, 0.3) is 0 Å². The van der Waals surface area contributed by atoms with E-state index in [1.165, 1.54) is 11.4 Å². The summed E-state index contributed by atoms with van der Waals surface area (Å²) < 4.78 is 25.3. The van der Waals surface area contributed by atoms with Gasteiger partial charge in [-0.3, -0.25) is 0 Å². The second-order valence-electron chi connectivity index (χ2n) is 3.73. The molecule has 0 aliphatic rings. The summed E-state index contributed by atoms with van der Waals surface area (Å²) in [5, 5.41) is 0. The van der Waals surface area contributed by atoms with Gasteiger partial charge in [0.05, 0.1) is 11.4 Å². The Hall–Kier alpha value is -1.31. The Kier molecular flexibility index (Phi) is 3.74. The van der Waals surface area contributed by atoms with Gasteiger partial charge in [-0.15, -0.1) is 6.42 Å². The van der Waals surface area contributed by atoms with Crippen LogP contribution in [0.5, 0.6) is 0 Å². The molecule has 1 aromatic rings. The summed E-state index contributed by atoms with van der Waals surface area (Å²) in [6, 6.07) is 5.24. The lowest BCUT2D eigenvalue weighted by Crippen LogP contribution is -2.27. The summed E-state index contributed by atoms with van der Waals surface area (Å²) in [7, 11) is -1.98. The first-order valence-electron chi connectivity index (χ1n) is 4.86. The minimum atomic E-state index is -3.46. The summed E-state index contributed by atoms with van der Waals surface area (Å²) in [5.74, 6) is 2.32. The predicted molar refractivity (Wildman–Crippen MR) is 64.6 cm³/mol. The van der Waals surface area contributed by atoms with Gasteiger partial charge < -0.3 is 0 Å². The monoisotopic (exact) mass is 237 g/mol. The van der Waals surface area contributed by atoms with E-state index >= 15 is 0 Å². The van der Waals surface area contributed by atoms with E-state index in [-0.39, 0.29) is 6.54 Å². The summed E-state index contributed by atoms with van der Waals surface area (Å²) in [6.45, 7) is 3.79. The number of terminal acetylenes is 1. The van der Waals surface area contributed by atoms with E-state index in [9.17, 15) is 8.42 Å². The molecule has 0 saturated heterocycles. The van der Waals surface area contributed by atoms with Crippen LogP contribution in [0.3, 0.4) is 0 Å². The van der Waals surface area contributed by atoms with Crippen molar-refractivity contribution in [3.05, 3.63) is 29.3 Å². The third-order valence-corrected chi connectivity index (χ3v) is 4.30. The van der Waals surface area contributed by atoms with E-state index in [0.717, 1.165) is 11.1 Å². The summed E-state index contributed by atoms with van der Waals surface area (Å²) in [4.78, 5) is 0.316. The van der Waals surface area contributed by atoms with Gasteiger partial charge in [0.2, 0.25) is 10.0 Å². The maximum Gasteiger partial charge on any atom is 0.243 e. The lowest BCUT2D eigenvalue weighted by atomic mass is 10.2. The van der Waals surface area contributed by atoms with Crippen molar-refractivity contribution in [3.8, 4) is 12.3 Å². The van der Waals surface area contributed by atoms with Crippen molar-refractivity contribution in [2.24, 2.45) is 0 Å².